The lowest BCUT2D eigenvalue weighted by Crippen LogP contribution is -2.35. The van der Waals surface area contributed by atoms with E-state index in [-0.39, 0.29) is 0 Å². The average Bonchev–Trinajstić information content (AvgIpc) is 2.81. The second kappa shape index (κ2) is 4.93. The van der Waals surface area contributed by atoms with Crippen molar-refractivity contribution in [1.29, 1.82) is 0 Å². The molecule has 0 aliphatic heterocycles. The summed E-state index contributed by atoms with van der Waals surface area (Å²) in [4.78, 5) is 2.60. The summed E-state index contributed by atoms with van der Waals surface area (Å²) in [6.07, 6.45) is 9.26. The van der Waals surface area contributed by atoms with Crippen molar-refractivity contribution in [2.75, 3.05) is 7.05 Å². The maximum Gasteiger partial charge on any atom is 0.115 e. The van der Waals surface area contributed by atoms with Crippen molar-refractivity contribution >= 4 is 0 Å². The fourth-order valence-electron chi connectivity index (χ4n) is 3.75. The predicted molar refractivity (Wildman–Crippen MR) is 73.8 cm³/mol. The molecule has 1 aromatic carbocycles. The van der Waals surface area contributed by atoms with E-state index < -0.39 is 0 Å². The van der Waals surface area contributed by atoms with Gasteiger partial charge in [0, 0.05) is 12.1 Å². The lowest BCUT2D eigenvalue weighted by Gasteiger charge is -2.36. The van der Waals surface area contributed by atoms with E-state index in [0.29, 0.717) is 11.8 Å². The number of fused-ring (bicyclic) bond motifs is 1. The van der Waals surface area contributed by atoms with Crippen LogP contribution in [-0.2, 0) is 6.42 Å². The van der Waals surface area contributed by atoms with Gasteiger partial charge in [0.1, 0.15) is 5.75 Å². The van der Waals surface area contributed by atoms with E-state index in [0.717, 1.165) is 12.5 Å². The van der Waals surface area contributed by atoms with Crippen LogP contribution in [0.25, 0.3) is 0 Å². The third-order valence-corrected chi connectivity index (χ3v) is 4.81. The van der Waals surface area contributed by atoms with Gasteiger partial charge in [0.15, 0.2) is 0 Å². The molecule has 1 N–H and O–H groups in total. The van der Waals surface area contributed by atoms with Gasteiger partial charge < -0.3 is 5.11 Å². The molecule has 1 aromatic rings. The Morgan fingerprint density at radius 1 is 1.11 bits per heavy atom. The molecule has 1 fully saturated rings. The first-order valence-corrected chi connectivity index (χ1v) is 7.29. The van der Waals surface area contributed by atoms with Crippen LogP contribution in [0.5, 0.6) is 5.75 Å². The van der Waals surface area contributed by atoms with Gasteiger partial charge in [-0.2, -0.15) is 0 Å². The van der Waals surface area contributed by atoms with Gasteiger partial charge >= 0.3 is 0 Å². The van der Waals surface area contributed by atoms with Crippen molar-refractivity contribution in [1.82, 2.24) is 4.90 Å². The quantitative estimate of drug-likeness (QED) is 0.859. The molecule has 0 radical (unpaired) electrons. The minimum atomic E-state index is 0.412. The Morgan fingerprint density at radius 2 is 1.89 bits per heavy atom. The first-order valence-electron chi connectivity index (χ1n) is 7.29. The van der Waals surface area contributed by atoms with Crippen LogP contribution in [0, 0.1) is 0 Å². The molecular weight excluding hydrogens is 222 g/mol. The molecule has 2 aliphatic rings. The first-order chi connectivity index (χ1) is 8.75. The van der Waals surface area contributed by atoms with E-state index in [1.165, 1.54) is 49.7 Å². The van der Waals surface area contributed by atoms with Gasteiger partial charge in [0.25, 0.3) is 0 Å². The van der Waals surface area contributed by atoms with Crippen LogP contribution < -0.4 is 0 Å². The molecule has 3 rings (SSSR count). The number of aryl methyl sites for hydroxylation is 1. The van der Waals surface area contributed by atoms with Crippen LogP contribution in [0.2, 0.25) is 0 Å². The molecule has 2 aliphatic carbocycles. The number of phenolic OH excluding ortho intramolecular Hbond substituents is 1. The second-order valence-corrected chi connectivity index (χ2v) is 5.89. The monoisotopic (exact) mass is 245 g/mol. The maximum absolute atomic E-state index is 9.56. The summed E-state index contributed by atoms with van der Waals surface area (Å²) < 4.78 is 0. The first kappa shape index (κ1) is 12.0. The van der Waals surface area contributed by atoms with Crippen LogP contribution in [0.3, 0.4) is 0 Å². The summed E-state index contributed by atoms with van der Waals surface area (Å²) in [6, 6.07) is 7.25. The summed E-state index contributed by atoms with van der Waals surface area (Å²) in [5, 5.41) is 9.56. The van der Waals surface area contributed by atoms with E-state index >= 15 is 0 Å². The number of hydrogen-bond acceptors (Lipinski definition) is 2. The fourth-order valence-corrected chi connectivity index (χ4v) is 3.75. The molecule has 0 amide bonds. The number of aromatic hydroxyl groups is 1. The molecule has 18 heavy (non-hydrogen) atoms. The Balaban J connectivity index is 1.78. The van der Waals surface area contributed by atoms with Gasteiger partial charge in [-0.15, -0.1) is 0 Å². The zero-order chi connectivity index (χ0) is 12.5. The molecule has 0 bridgehead atoms. The molecule has 1 saturated carbocycles. The number of nitrogens with zero attached hydrogens (tertiary/aromatic N) is 1. The maximum atomic E-state index is 9.56. The van der Waals surface area contributed by atoms with Gasteiger partial charge in [0.05, 0.1) is 0 Å². The van der Waals surface area contributed by atoms with E-state index in [1.54, 1.807) is 0 Å². The molecule has 0 heterocycles. The van der Waals surface area contributed by atoms with Crippen LogP contribution in [0.1, 0.15) is 55.7 Å². The molecule has 0 saturated heterocycles. The molecule has 2 nitrogen and oxygen atoms in total. The lowest BCUT2D eigenvalue weighted by atomic mass is 9.92. The van der Waals surface area contributed by atoms with E-state index in [2.05, 4.69) is 18.0 Å². The van der Waals surface area contributed by atoms with Crippen molar-refractivity contribution in [3.05, 3.63) is 29.3 Å². The molecule has 0 aromatic heterocycles. The third-order valence-electron chi connectivity index (χ3n) is 4.81. The Hall–Kier alpha value is -1.02. The predicted octanol–water partition coefficient (Wildman–Crippen LogP) is 3.64. The summed E-state index contributed by atoms with van der Waals surface area (Å²) in [5.74, 6) is 0.412. The summed E-state index contributed by atoms with van der Waals surface area (Å²) in [5.41, 5.74) is 2.79. The smallest absolute Gasteiger partial charge is 0.115 e. The largest absolute Gasteiger partial charge is 0.508 e. The van der Waals surface area contributed by atoms with Gasteiger partial charge in [-0.3, -0.25) is 4.90 Å². The highest BCUT2D eigenvalue weighted by molar-refractivity contribution is 5.40. The third kappa shape index (κ3) is 2.14. The Morgan fingerprint density at radius 3 is 2.67 bits per heavy atom. The molecule has 98 valence electrons. The lowest BCUT2D eigenvalue weighted by molar-refractivity contribution is 0.137. The molecule has 1 unspecified atom stereocenters. The molecule has 0 spiro atoms. The van der Waals surface area contributed by atoms with Gasteiger partial charge in [0.2, 0.25) is 0 Å². The van der Waals surface area contributed by atoms with Crippen LogP contribution >= 0.6 is 0 Å². The van der Waals surface area contributed by atoms with Crippen molar-refractivity contribution in [2.24, 2.45) is 0 Å². The van der Waals surface area contributed by atoms with E-state index in [9.17, 15) is 5.11 Å². The fraction of sp³-hybridized carbons (Fsp3) is 0.625. The van der Waals surface area contributed by atoms with Gasteiger partial charge in [-0.05, 0) is 56.0 Å². The van der Waals surface area contributed by atoms with Crippen molar-refractivity contribution in [3.63, 3.8) is 0 Å². The Kier molecular flexibility index (Phi) is 3.29. The minimum absolute atomic E-state index is 0.412. The average molecular weight is 245 g/mol. The Labute approximate surface area is 110 Å². The van der Waals surface area contributed by atoms with Gasteiger partial charge in [-0.1, -0.05) is 25.3 Å². The number of phenols is 1. The van der Waals surface area contributed by atoms with Crippen LogP contribution in [-0.4, -0.2) is 23.1 Å². The van der Waals surface area contributed by atoms with Crippen molar-refractivity contribution in [2.45, 2.75) is 57.0 Å². The standard InChI is InChI=1S/C16H23NO/c1-17(13-5-3-2-4-6-13)16-10-7-12-11-14(18)8-9-15(12)16/h8-9,11,13,16,18H,2-7,10H2,1H3. The number of rotatable bonds is 2. The topological polar surface area (TPSA) is 23.5 Å². The van der Waals surface area contributed by atoms with E-state index in [1.807, 2.05) is 12.1 Å². The highest BCUT2D eigenvalue weighted by Crippen LogP contribution is 2.39. The number of hydrogen-bond donors (Lipinski definition) is 1. The van der Waals surface area contributed by atoms with Crippen LogP contribution in [0.15, 0.2) is 18.2 Å². The molecule has 1 atom stereocenters. The SMILES string of the molecule is CN(C1CCCCC1)C1CCc2cc(O)ccc21. The van der Waals surface area contributed by atoms with E-state index in [4.69, 9.17) is 0 Å². The van der Waals surface area contributed by atoms with Crippen molar-refractivity contribution in [3.8, 4) is 5.75 Å². The van der Waals surface area contributed by atoms with Crippen molar-refractivity contribution < 1.29 is 5.11 Å². The van der Waals surface area contributed by atoms with Crippen LogP contribution in [0.4, 0.5) is 0 Å². The summed E-state index contributed by atoms with van der Waals surface area (Å²) in [7, 11) is 2.29. The zero-order valence-corrected chi connectivity index (χ0v) is 11.2. The summed E-state index contributed by atoms with van der Waals surface area (Å²) in [6.45, 7) is 0. The molecular formula is C16H23NO. The highest BCUT2D eigenvalue weighted by Gasteiger charge is 2.30. The highest BCUT2D eigenvalue weighted by atomic mass is 16.3. The zero-order valence-electron chi connectivity index (χ0n) is 11.2. The van der Waals surface area contributed by atoms with Gasteiger partial charge in [-0.25, -0.2) is 0 Å². The number of benzene rings is 1. The minimum Gasteiger partial charge on any atom is -0.508 e. The summed E-state index contributed by atoms with van der Waals surface area (Å²) >= 11 is 0. The Bertz CT molecular complexity index is 423. The second-order valence-electron chi connectivity index (χ2n) is 5.89. The normalized spacial score (nSPS) is 24.4. The molecule has 2 heteroatoms.